The Morgan fingerprint density at radius 2 is 1.67 bits per heavy atom. The zero-order chi connectivity index (χ0) is 46.2. The largest absolute Gasteiger partial charge is 0.490 e. The molecule has 0 spiro atoms. The average Bonchev–Trinajstić information content (AvgIpc) is 3.82. The smallest absolute Gasteiger partial charge is 0.407 e. The molecule has 5 rings (SSSR count). The number of aryl methyl sites for hydroxylation is 1. The van der Waals surface area contributed by atoms with Crippen molar-refractivity contribution in [3.63, 3.8) is 0 Å². The van der Waals surface area contributed by atoms with E-state index in [0.717, 1.165) is 52.9 Å². The van der Waals surface area contributed by atoms with Crippen LogP contribution in [0.3, 0.4) is 0 Å². The van der Waals surface area contributed by atoms with Gasteiger partial charge in [0.15, 0.2) is 0 Å². The van der Waals surface area contributed by atoms with Gasteiger partial charge in [-0.15, -0.1) is 11.3 Å². The zero-order valence-electron chi connectivity index (χ0n) is 37.8. The van der Waals surface area contributed by atoms with Crippen LogP contribution in [0, 0.1) is 18.3 Å². The number of halogens is 1. The maximum atomic E-state index is 14.3. The number of aliphatic hydroxyl groups is 1. The summed E-state index contributed by atoms with van der Waals surface area (Å²) < 4.78 is 11.5. The van der Waals surface area contributed by atoms with Gasteiger partial charge in [0.2, 0.25) is 23.6 Å². The van der Waals surface area contributed by atoms with Gasteiger partial charge in [-0.25, -0.2) is 9.78 Å². The molecule has 5 atom stereocenters. The van der Waals surface area contributed by atoms with Gasteiger partial charge in [-0.1, -0.05) is 68.8 Å². The van der Waals surface area contributed by atoms with Crippen molar-refractivity contribution < 1.29 is 38.6 Å². The van der Waals surface area contributed by atoms with Crippen LogP contribution in [-0.2, 0) is 23.9 Å². The predicted molar refractivity (Wildman–Crippen MR) is 244 cm³/mol. The highest BCUT2D eigenvalue weighted by Crippen LogP contribution is 2.42. The quantitative estimate of drug-likeness (QED) is 0.0975. The number of nitrogens with one attached hydrogen (secondary N) is 3. The van der Waals surface area contributed by atoms with E-state index in [9.17, 15) is 29.1 Å². The van der Waals surface area contributed by atoms with Crippen LogP contribution < -0.4 is 26.4 Å². The van der Waals surface area contributed by atoms with Crippen LogP contribution in [0.1, 0.15) is 129 Å². The number of hydrogen-bond acceptors (Lipinski definition) is 10. The number of ether oxygens (including phenoxy) is 2. The van der Waals surface area contributed by atoms with Crippen molar-refractivity contribution >= 4 is 52.7 Å². The molecule has 0 unspecified atom stereocenters. The molecule has 2 aromatic carbocycles. The number of aliphatic hydroxyl groups excluding tert-OH is 1. The summed E-state index contributed by atoms with van der Waals surface area (Å²) in [4.78, 5) is 72.5. The highest BCUT2D eigenvalue weighted by Gasteiger charge is 2.45. The standard InChI is InChI=1S/C47H65ClN6O8S/c1-27(30-16-18-32(19-17-30)41-28(2)50-26-63-41)51-43(58)36-23-34(55)24-54(36)44(59)42(46(3,4)5)53-39(57)22-29-12-14-31(15-13-29)35-10-9-11-37(40(35)48)61-25-33(20-21-38(49)56)52-45(60)62-47(6,7)8/h9-11,16-19,26-27,29,31,33-34,36,42,55H,12-15,20-25H2,1-8H3,(H2,49,56)(H,51,58)(H,52,60)(H,53,57)/t27-,29?,31?,33-,34+,36-,42+/m0/s1. The second-order valence-electron chi connectivity index (χ2n) is 19.1. The van der Waals surface area contributed by atoms with E-state index in [0.29, 0.717) is 10.8 Å². The molecular formula is C47H65ClN6O8S. The molecule has 1 saturated carbocycles. The number of nitrogens with two attached hydrogens (primary N) is 1. The van der Waals surface area contributed by atoms with Gasteiger partial charge in [0.25, 0.3) is 0 Å². The lowest BCUT2D eigenvalue weighted by atomic mass is 9.77. The predicted octanol–water partition coefficient (Wildman–Crippen LogP) is 7.34. The fourth-order valence-corrected chi connectivity index (χ4v) is 9.45. The van der Waals surface area contributed by atoms with E-state index in [1.165, 1.54) is 4.90 Å². The minimum atomic E-state index is -0.918. The molecule has 0 bridgehead atoms. The van der Waals surface area contributed by atoms with E-state index in [-0.39, 0.29) is 68.5 Å². The third kappa shape index (κ3) is 13.9. The number of aromatic nitrogens is 1. The number of benzene rings is 2. The van der Waals surface area contributed by atoms with Crippen LogP contribution in [0.5, 0.6) is 5.75 Å². The van der Waals surface area contributed by atoms with Crippen molar-refractivity contribution in [2.24, 2.45) is 17.1 Å². The number of hydrogen-bond donors (Lipinski definition) is 5. The van der Waals surface area contributed by atoms with E-state index in [1.807, 2.05) is 76.5 Å². The van der Waals surface area contributed by atoms with Crippen LogP contribution in [-0.4, -0.2) is 87.7 Å². The summed E-state index contributed by atoms with van der Waals surface area (Å²) in [6, 6.07) is 10.9. The fourth-order valence-electron chi connectivity index (χ4n) is 8.31. The number of primary amides is 1. The summed E-state index contributed by atoms with van der Waals surface area (Å²) in [5.74, 6) is -0.810. The Bertz CT molecular complexity index is 2070. The monoisotopic (exact) mass is 908 g/mol. The summed E-state index contributed by atoms with van der Waals surface area (Å²) >= 11 is 8.49. The van der Waals surface area contributed by atoms with Gasteiger partial charge in [0.05, 0.1) is 39.3 Å². The molecule has 63 heavy (non-hydrogen) atoms. The van der Waals surface area contributed by atoms with Gasteiger partial charge < -0.3 is 41.2 Å². The molecule has 16 heteroatoms. The Kier molecular flexibility index (Phi) is 16.7. The third-order valence-electron chi connectivity index (χ3n) is 11.7. The van der Waals surface area contributed by atoms with E-state index in [4.69, 9.17) is 26.8 Å². The Balaban J connectivity index is 1.15. The van der Waals surface area contributed by atoms with Crippen LogP contribution in [0.25, 0.3) is 10.4 Å². The number of carbonyl (C=O) groups excluding carboxylic acids is 5. The van der Waals surface area contributed by atoms with Crippen molar-refractivity contribution in [3.8, 4) is 16.2 Å². The molecule has 2 aliphatic rings. The van der Waals surface area contributed by atoms with Gasteiger partial charge in [0, 0.05) is 25.8 Å². The minimum Gasteiger partial charge on any atom is -0.490 e. The van der Waals surface area contributed by atoms with Crippen molar-refractivity contribution in [3.05, 3.63) is 69.8 Å². The van der Waals surface area contributed by atoms with E-state index >= 15 is 0 Å². The minimum absolute atomic E-state index is 0.00565. The molecule has 344 valence electrons. The number of alkyl carbamates (subject to hydrolysis) is 1. The van der Waals surface area contributed by atoms with Crippen LogP contribution >= 0.6 is 22.9 Å². The number of rotatable bonds is 16. The topological polar surface area (TPSA) is 202 Å². The van der Waals surface area contributed by atoms with Gasteiger partial charge in [-0.05, 0) is 107 Å². The summed E-state index contributed by atoms with van der Waals surface area (Å²) in [6.07, 6.45) is 2.29. The summed E-state index contributed by atoms with van der Waals surface area (Å²) in [6.45, 7) is 14.8. The lowest BCUT2D eigenvalue weighted by molar-refractivity contribution is -0.144. The van der Waals surface area contributed by atoms with Crippen LogP contribution in [0.2, 0.25) is 5.02 Å². The maximum Gasteiger partial charge on any atom is 0.407 e. The highest BCUT2D eigenvalue weighted by atomic mass is 35.5. The first-order valence-corrected chi connectivity index (χ1v) is 23.1. The Morgan fingerprint density at radius 3 is 2.27 bits per heavy atom. The first kappa shape index (κ1) is 49.3. The number of carbonyl (C=O) groups is 5. The number of nitrogens with zero attached hydrogens (tertiary/aromatic N) is 2. The number of β-amino-alcohol motifs (C(OH)–C–C–N with tert-alkyl or cyclic N) is 1. The second kappa shape index (κ2) is 21.3. The normalized spacial score (nSPS) is 20.6. The molecular weight excluding hydrogens is 844 g/mol. The zero-order valence-corrected chi connectivity index (χ0v) is 39.4. The fraction of sp³-hybridized carbons (Fsp3) is 0.574. The molecule has 1 aliphatic carbocycles. The van der Waals surface area contributed by atoms with Crippen LogP contribution in [0.15, 0.2) is 48.0 Å². The number of thiazole rings is 1. The van der Waals surface area contributed by atoms with Crippen molar-refractivity contribution in [2.45, 2.75) is 149 Å². The van der Waals surface area contributed by atoms with Crippen molar-refractivity contribution in [1.29, 1.82) is 0 Å². The molecule has 2 fully saturated rings. The summed E-state index contributed by atoms with van der Waals surface area (Å²) in [5.41, 5.74) is 9.66. The molecule has 1 saturated heterocycles. The van der Waals surface area contributed by atoms with Gasteiger partial charge in [-0.2, -0.15) is 0 Å². The molecule has 1 aromatic heterocycles. The SMILES string of the molecule is Cc1ncsc1-c1ccc([C@H](C)NC(=O)[C@@H]2C[C@@H](O)CN2C(=O)[C@@H](NC(=O)CC2CCC(c3cccc(OC[C@H](CCC(N)=O)NC(=O)OC(C)(C)C)c3Cl)CC2)C(C)(C)C)cc1. The molecule has 14 nitrogen and oxygen atoms in total. The molecule has 2 heterocycles. The van der Waals surface area contributed by atoms with Crippen LogP contribution in [0.4, 0.5) is 4.79 Å². The molecule has 0 radical (unpaired) electrons. The van der Waals surface area contributed by atoms with E-state index < -0.39 is 53.2 Å². The Hall–Kier alpha value is -4.73. The Labute approximate surface area is 380 Å². The van der Waals surface area contributed by atoms with Gasteiger partial charge in [0.1, 0.15) is 30.0 Å². The Morgan fingerprint density at radius 1 is 0.984 bits per heavy atom. The summed E-state index contributed by atoms with van der Waals surface area (Å²) in [7, 11) is 0. The number of amides is 5. The first-order valence-electron chi connectivity index (χ1n) is 21.9. The first-order chi connectivity index (χ1) is 29.6. The molecule has 1 aliphatic heterocycles. The van der Waals surface area contributed by atoms with E-state index in [2.05, 4.69) is 20.9 Å². The van der Waals surface area contributed by atoms with Crippen molar-refractivity contribution in [1.82, 2.24) is 25.8 Å². The van der Waals surface area contributed by atoms with Gasteiger partial charge >= 0.3 is 6.09 Å². The highest BCUT2D eigenvalue weighted by molar-refractivity contribution is 7.13. The van der Waals surface area contributed by atoms with Gasteiger partial charge in [-0.3, -0.25) is 19.2 Å². The second-order valence-corrected chi connectivity index (χ2v) is 20.4. The van der Waals surface area contributed by atoms with Crippen molar-refractivity contribution in [2.75, 3.05) is 13.2 Å². The lowest BCUT2D eigenvalue weighted by Gasteiger charge is -2.36. The maximum absolute atomic E-state index is 14.3. The van der Waals surface area contributed by atoms with E-state index in [1.54, 1.807) is 38.2 Å². The molecule has 5 amide bonds. The molecule has 6 N–H and O–H groups in total. The lowest BCUT2D eigenvalue weighted by Crippen LogP contribution is -2.58. The molecule has 3 aromatic rings. The average molecular weight is 910 g/mol. The third-order valence-corrected chi connectivity index (χ3v) is 13.1. The number of likely N-dealkylation sites (tertiary alicyclic amines) is 1. The summed E-state index contributed by atoms with van der Waals surface area (Å²) in [5, 5.41) is 20.0.